The summed E-state index contributed by atoms with van der Waals surface area (Å²) in [6, 6.07) is 9.25. The Morgan fingerprint density at radius 1 is 1.43 bits per heavy atom. The van der Waals surface area contributed by atoms with Crippen LogP contribution in [0.2, 0.25) is 0 Å². The van der Waals surface area contributed by atoms with Gasteiger partial charge in [0.1, 0.15) is 6.07 Å². The van der Waals surface area contributed by atoms with E-state index < -0.39 is 0 Å². The molecular weight excluding hydrogens is 350 g/mol. The van der Waals surface area contributed by atoms with Gasteiger partial charge in [0.2, 0.25) is 0 Å². The molecular formula is C15H8BrN3OS. The Balaban J connectivity index is 2.19. The van der Waals surface area contributed by atoms with Gasteiger partial charge >= 0.3 is 0 Å². The van der Waals surface area contributed by atoms with Crippen LogP contribution in [-0.2, 0) is 0 Å². The number of hydrogen-bond donors (Lipinski definition) is 1. The van der Waals surface area contributed by atoms with E-state index in [2.05, 4.69) is 32.0 Å². The molecule has 3 aromatic rings. The lowest BCUT2D eigenvalue weighted by molar-refractivity contribution is 1.13. The maximum atomic E-state index is 12.1. The molecule has 0 fully saturated rings. The highest BCUT2D eigenvalue weighted by Gasteiger charge is 2.08. The van der Waals surface area contributed by atoms with Gasteiger partial charge in [-0.2, -0.15) is 16.6 Å². The molecule has 0 unspecified atom stereocenters. The van der Waals surface area contributed by atoms with Gasteiger partial charge in [-0.05, 0) is 46.7 Å². The topological polar surface area (TPSA) is 69.5 Å². The second-order valence-corrected chi connectivity index (χ2v) is 6.00. The standard InChI is InChI=1S/C15H8BrN3OS/c16-11-1-2-13-12(6-11)15(20)19-14(18-13)10(7-17)5-9-3-4-21-8-9/h1-6,8H,(H,18,19,20)/b10-5-. The number of allylic oxidation sites excluding steroid dienone is 1. The van der Waals surface area contributed by atoms with Crippen LogP contribution in [0.5, 0.6) is 0 Å². The lowest BCUT2D eigenvalue weighted by Crippen LogP contribution is -2.11. The summed E-state index contributed by atoms with van der Waals surface area (Å²) in [6.07, 6.45) is 1.71. The van der Waals surface area contributed by atoms with Gasteiger partial charge < -0.3 is 4.98 Å². The van der Waals surface area contributed by atoms with Gasteiger partial charge in [0.05, 0.1) is 16.5 Å². The highest BCUT2D eigenvalue weighted by atomic mass is 79.9. The Morgan fingerprint density at radius 3 is 3.00 bits per heavy atom. The van der Waals surface area contributed by atoms with Crippen LogP contribution in [0.25, 0.3) is 22.6 Å². The Labute approximate surface area is 132 Å². The Morgan fingerprint density at radius 2 is 2.29 bits per heavy atom. The smallest absolute Gasteiger partial charge is 0.259 e. The lowest BCUT2D eigenvalue weighted by Gasteiger charge is -2.02. The zero-order valence-electron chi connectivity index (χ0n) is 10.6. The zero-order valence-corrected chi connectivity index (χ0v) is 13.0. The first-order chi connectivity index (χ1) is 10.2. The van der Waals surface area contributed by atoms with E-state index in [9.17, 15) is 10.1 Å². The lowest BCUT2D eigenvalue weighted by atomic mass is 10.2. The van der Waals surface area contributed by atoms with Crippen molar-refractivity contribution in [2.45, 2.75) is 0 Å². The van der Waals surface area contributed by atoms with E-state index in [0.717, 1.165) is 10.0 Å². The molecule has 1 aromatic carbocycles. The van der Waals surface area contributed by atoms with Crippen LogP contribution in [0.15, 0.2) is 44.3 Å². The van der Waals surface area contributed by atoms with E-state index in [0.29, 0.717) is 16.5 Å². The zero-order chi connectivity index (χ0) is 14.8. The molecule has 6 heteroatoms. The molecule has 2 aromatic heterocycles. The van der Waals surface area contributed by atoms with E-state index >= 15 is 0 Å². The van der Waals surface area contributed by atoms with E-state index in [1.807, 2.05) is 22.9 Å². The number of halogens is 1. The first kappa shape index (κ1) is 13.7. The Kier molecular flexibility index (Phi) is 3.69. The van der Waals surface area contributed by atoms with Crippen molar-refractivity contribution in [3.05, 3.63) is 61.2 Å². The number of nitriles is 1. The van der Waals surface area contributed by atoms with Crippen LogP contribution in [0.3, 0.4) is 0 Å². The molecule has 0 spiro atoms. The summed E-state index contributed by atoms with van der Waals surface area (Å²) in [4.78, 5) is 19.2. The monoisotopic (exact) mass is 357 g/mol. The Bertz CT molecular complexity index is 936. The SMILES string of the molecule is N#C/C(=C/c1ccsc1)c1nc2ccc(Br)cc2c(=O)[nH]1. The summed E-state index contributed by atoms with van der Waals surface area (Å²) >= 11 is 4.87. The van der Waals surface area contributed by atoms with Crippen molar-refractivity contribution in [1.29, 1.82) is 5.26 Å². The van der Waals surface area contributed by atoms with E-state index in [4.69, 9.17) is 0 Å². The molecule has 0 amide bonds. The van der Waals surface area contributed by atoms with Gasteiger partial charge in [-0.3, -0.25) is 4.79 Å². The molecule has 0 atom stereocenters. The van der Waals surface area contributed by atoms with Crippen molar-refractivity contribution < 1.29 is 0 Å². The molecule has 0 radical (unpaired) electrons. The molecule has 1 N–H and O–H groups in total. The van der Waals surface area contributed by atoms with Crippen LogP contribution in [-0.4, -0.2) is 9.97 Å². The van der Waals surface area contributed by atoms with E-state index in [-0.39, 0.29) is 11.4 Å². The number of hydrogen-bond acceptors (Lipinski definition) is 4. The quantitative estimate of drug-likeness (QED) is 0.708. The van der Waals surface area contributed by atoms with Crippen LogP contribution in [0.4, 0.5) is 0 Å². The number of rotatable bonds is 2. The minimum absolute atomic E-state index is 0.261. The molecule has 2 heterocycles. The molecule has 4 nitrogen and oxygen atoms in total. The predicted molar refractivity (Wildman–Crippen MR) is 87.9 cm³/mol. The van der Waals surface area contributed by atoms with Gasteiger partial charge in [-0.15, -0.1) is 0 Å². The summed E-state index contributed by atoms with van der Waals surface area (Å²) < 4.78 is 0.810. The molecule has 0 bridgehead atoms. The van der Waals surface area contributed by atoms with Gasteiger partial charge in [0, 0.05) is 4.47 Å². The number of nitrogens with one attached hydrogen (secondary N) is 1. The highest BCUT2D eigenvalue weighted by molar-refractivity contribution is 9.10. The maximum absolute atomic E-state index is 12.1. The number of thiophene rings is 1. The van der Waals surface area contributed by atoms with Crippen LogP contribution >= 0.6 is 27.3 Å². The number of benzene rings is 1. The van der Waals surface area contributed by atoms with E-state index in [1.165, 1.54) is 0 Å². The summed E-state index contributed by atoms with van der Waals surface area (Å²) in [5.74, 6) is 0.281. The fourth-order valence-corrected chi connectivity index (χ4v) is 2.89. The average Bonchev–Trinajstić information content (AvgIpc) is 2.98. The number of aromatic nitrogens is 2. The third kappa shape index (κ3) is 2.79. The summed E-state index contributed by atoms with van der Waals surface area (Å²) in [6.45, 7) is 0. The second kappa shape index (κ2) is 5.64. The van der Waals surface area contributed by atoms with Crippen molar-refractivity contribution in [2.75, 3.05) is 0 Å². The number of nitrogens with zero attached hydrogens (tertiary/aromatic N) is 2. The molecule has 3 rings (SSSR count). The maximum Gasteiger partial charge on any atom is 0.259 e. The number of aromatic amines is 1. The third-order valence-electron chi connectivity index (χ3n) is 2.90. The summed E-state index contributed by atoms with van der Waals surface area (Å²) in [5, 5.41) is 13.6. The van der Waals surface area contributed by atoms with Gasteiger partial charge in [0.25, 0.3) is 5.56 Å². The third-order valence-corrected chi connectivity index (χ3v) is 4.09. The highest BCUT2D eigenvalue weighted by Crippen LogP contribution is 2.19. The largest absolute Gasteiger partial charge is 0.305 e. The predicted octanol–water partition coefficient (Wildman–Crippen LogP) is 3.81. The molecule has 0 saturated carbocycles. The van der Waals surface area contributed by atoms with Crippen molar-refractivity contribution in [3.8, 4) is 6.07 Å². The first-order valence-corrected chi connectivity index (χ1v) is 7.75. The minimum Gasteiger partial charge on any atom is -0.305 e. The fraction of sp³-hybridized carbons (Fsp3) is 0. The van der Waals surface area contributed by atoms with Crippen molar-refractivity contribution in [2.24, 2.45) is 0 Å². The molecule has 0 saturated heterocycles. The number of H-pyrrole nitrogens is 1. The average molecular weight is 358 g/mol. The van der Waals surface area contributed by atoms with Gasteiger partial charge in [-0.25, -0.2) is 4.98 Å². The van der Waals surface area contributed by atoms with E-state index in [1.54, 1.807) is 29.5 Å². The first-order valence-electron chi connectivity index (χ1n) is 6.01. The van der Waals surface area contributed by atoms with Crippen molar-refractivity contribution in [1.82, 2.24) is 9.97 Å². The summed E-state index contributed by atoms with van der Waals surface area (Å²) in [7, 11) is 0. The van der Waals surface area contributed by atoms with Crippen LogP contribution < -0.4 is 5.56 Å². The van der Waals surface area contributed by atoms with Crippen molar-refractivity contribution in [3.63, 3.8) is 0 Å². The number of fused-ring (bicyclic) bond motifs is 1. The van der Waals surface area contributed by atoms with Gasteiger partial charge in [-0.1, -0.05) is 15.9 Å². The molecule has 102 valence electrons. The minimum atomic E-state index is -0.261. The van der Waals surface area contributed by atoms with Crippen LogP contribution in [0.1, 0.15) is 11.4 Å². The fourth-order valence-electron chi connectivity index (χ4n) is 1.92. The van der Waals surface area contributed by atoms with Gasteiger partial charge in [0.15, 0.2) is 5.82 Å². The normalized spacial score (nSPS) is 11.5. The second-order valence-electron chi connectivity index (χ2n) is 4.30. The molecule has 0 aliphatic carbocycles. The molecule has 0 aliphatic heterocycles. The molecule has 0 aliphatic rings. The van der Waals surface area contributed by atoms with Crippen molar-refractivity contribution >= 4 is 49.8 Å². The van der Waals surface area contributed by atoms with Crippen LogP contribution in [0, 0.1) is 11.3 Å². The molecule has 21 heavy (non-hydrogen) atoms. The Hall–Kier alpha value is -2.23. The summed E-state index contributed by atoms with van der Waals surface area (Å²) in [5.41, 5.74) is 1.54.